The molecule has 1 aromatic rings. The second kappa shape index (κ2) is 6.42. The van der Waals surface area contributed by atoms with Crippen LogP contribution < -0.4 is 5.32 Å². The summed E-state index contributed by atoms with van der Waals surface area (Å²) in [5, 5.41) is 4.44. The highest BCUT2D eigenvalue weighted by Crippen LogP contribution is 2.23. The molecule has 1 aliphatic rings. The molecule has 0 unspecified atom stereocenters. The summed E-state index contributed by atoms with van der Waals surface area (Å²) in [6.45, 7) is 4.14. The van der Waals surface area contributed by atoms with Gasteiger partial charge in [-0.15, -0.1) is 0 Å². The number of hydrogen-bond donors (Lipinski definition) is 1. The zero-order chi connectivity index (χ0) is 12.1. The minimum atomic E-state index is 0.877. The van der Waals surface area contributed by atoms with Crippen molar-refractivity contribution in [1.82, 2.24) is 5.32 Å². The maximum Gasteiger partial charge on any atom is 0.0438 e. The topological polar surface area (TPSA) is 12.0 Å². The van der Waals surface area contributed by atoms with E-state index in [1.54, 1.807) is 0 Å². The van der Waals surface area contributed by atoms with Crippen molar-refractivity contribution in [3.05, 3.63) is 34.3 Å². The van der Waals surface area contributed by atoms with Gasteiger partial charge >= 0.3 is 0 Å². The Hall–Kier alpha value is -0.530. The van der Waals surface area contributed by atoms with Gasteiger partial charge in [0.05, 0.1) is 0 Å². The van der Waals surface area contributed by atoms with E-state index in [9.17, 15) is 0 Å². The first-order valence-electron chi connectivity index (χ1n) is 6.71. The third-order valence-corrected chi connectivity index (χ3v) is 4.13. The summed E-state index contributed by atoms with van der Waals surface area (Å²) in [6.07, 6.45) is 7.08. The molecule has 0 amide bonds. The van der Waals surface area contributed by atoms with Crippen molar-refractivity contribution in [3.8, 4) is 0 Å². The second-order valence-electron chi connectivity index (χ2n) is 5.22. The number of halogens is 1. The Morgan fingerprint density at radius 1 is 1.24 bits per heavy atom. The molecule has 1 nitrogen and oxygen atoms in total. The molecule has 0 radical (unpaired) electrons. The van der Waals surface area contributed by atoms with E-state index < -0.39 is 0 Å². The molecule has 0 bridgehead atoms. The van der Waals surface area contributed by atoms with Crippen molar-refractivity contribution in [2.24, 2.45) is 5.92 Å². The number of benzene rings is 1. The maximum atomic E-state index is 6.11. The summed E-state index contributed by atoms with van der Waals surface area (Å²) >= 11 is 6.11. The fraction of sp³-hybridized carbons (Fsp3) is 0.600. The SMILES string of the molecule is Cc1ccc(CNCC2CCCCC2)cc1Cl. The molecule has 94 valence electrons. The summed E-state index contributed by atoms with van der Waals surface area (Å²) in [5.41, 5.74) is 2.44. The average Bonchev–Trinajstić information content (AvgIpc) is 2.35. The summed E-state index contributed by atoms with van der Waals surface area (Å²) in [6, 6.07) is 6.33. The van der Waals surface area contributed by atoms with Crippen molar-refractivity contribution >= 4 is 11.6 Å². The van der Waals surface area contributed by atoms with Gasteiger partial charge in [-0.05, 0) is 49.4 Å². The molecule has 1 saturated carbocycles. The average molecular weight is 252 g/mol. The highest BCUT2D eigenvalue weighted by atomic mass is 35.5. The molecule has 0 heterocycles. The number of aryl methyl sites for hydroxylation is 1. The Bertz CT molecular complexity index is 356. The Labute approximate surface area is 110 Å². The summed E-state index contributed by atoms with van der Waals surface area (Å²) in [4.78, 5) is 0. The Morgan fingerprint density at radius 3 is 2.71 bits per heavy atom. The lowest BCUT2D eigenvalue weighted by Crippen LogP contribution is -2.24. The van der Waals surface area contributed by atoms with Gasteiger partial charge in [-0.2, -0.15) is 0 Å². The highest BCUT2D eigenvalue weighted by molar-refractivity contribution is 6.31. The number of hydrogen-bond acceptors (Lipinski definition) is 1. The summed E-state index contributed by atoms with van der Waals surface area (Å²) in [7, 11) is 0. The van der Waals surface area contributed by atoms with Crippen molar-refractivity contribution in [1.29, 1.82) is 0 Å². The third kappa shape index (κ3) is 4.01. The first-order valence-corrected chi connectivity index (χ1v) is 7.09. The largest absolute Gasteiger partial charge is 0.312 e. The zero-order valence-corrected chi connectivity index (χ0v) is 11.4. The van der Waals surface area contributed by atoms with Crippen molar-refractivity contribution in [2.75, 3.05) is 6.54 Å². The summed E-state index contributed by atoms with van der Waals surface area (Å²) in [5.74, 6) is 0.893. The van der Waals surface area contributed by atoms with Gasteiger partial charge in [0, 0.05) is 11.6 Å². The van der Waals surface area contributed by atoms with Gasteiger partial charge in [-0.25, -0.2) is 0 Å². The normalized spacial score (nSPS) is 17.3. The van der Waals surface area contributed by atoms with E-state index in [0.29, 0.717) is 0 Å². The van der Waals surface area contributed by atoms with Crippen LogP contribution in [0.5, 0.6) is 0 Å². The quantitative estimate of drug-likeness (QED) is 0.841. The lowest BCUT2D eigenvalue weighted by molar-refractivity contribution is 0.342. The van der Waals surface area contributed by atoms with Crippen LogP contribution in [0.25, 0.3) is 0 Å². The highest BCUT2D eigenvalue weighted by Gasteiger charge is 2.12. The van der Waals surface area contributed by atoms with Crippen LogP contribution in [0, 0.1) is 12.8 Å². The first-order chi connectivity index (χ1) is 8.25. The van der Waals surface area contributed by atoms with Crippen molar-refractivity contribution in [2.45, 2.75) is 45.6 Å². The molecule has 1 N–H and O–H groups in total. The van der Waals surface area contributed by atoms with Gasteiger partial charge < -0.3 is 5.32 Å². The predicted molar refractivity (Wildman–Crippen MR) is 74.5 cm³/mol. The lowest BCUT2D eigenvalue weighted by atomic mass is 9.89. The van der Waals surface area contributed by atoms with Crippen LogP contribution in [0.3, 0.4) is 0 Å². The van der Waals surface area contributed by atoms with Crippen LogP contribution >= 0.6 is 11.6 Å². The fourth-order valence-electron chi connectivity index (χ4n) is 2.56. The zero-order valence-electron chi connectivity index (χ0n) is 10.6. The van der Waals surface area contributed by atoms with Crippen LogP contribution in [0.1, 0.15) is 43.2 Å². The third-order valence-electron chi connectivity index (χ3n) is 3.72. The van der Waals surface area contributed by atoms with E-state index >= 15 is 0 Å². The summed E-state index contributed by atoms with van der Waals surface area (Å²) < 4.78 is 0. The molecule has 0 aliphatic heterocycles. The van der Waals surface area contributed by atoms with Gasteiger partial charge in [-0.1, -0.05) is 43.0 Å². The number of nitrogens with one attached hydrogen (secondary N) is 1. The van der Waals surface area contributed by atoms with Gasteiger partial charge in [0.2, 0.25) is 0 Å². The van der Waals surface area contributed by atoms with Crippen LogP contribution in [0.4, 0.5) is 0 Å². The van der Waals surface area contributed by atoms with E-state index in [1.807, 2.05) is 6.92 Å². The van der Waals surface area contributed by atoms with Crippen LogP contribution in [-0.4, -0.2) is 6.54 Å². The molecule has 0 spiro atoms. The molecule has 0 atom stereocenters. The van der Waals surface area contributed by atoms with Gasteiger partial charge in [-0.3, -0.25) is 0 Å². The van der Waals surface area contributed by atoms with Gasteiger partial charge in [0.25, 0.3) is 0 Å². The second-order valence-corrected chi connectivity index (χ2v) is 5.63. The Kier molecular flexibility index (Phi) is 4.87. The Balaban J connectivity index is 1.75. The minimum absolute atomic E-state index is 0.877. The minimum Gasteiger partial charge on any atom is -0.312 e. The first kappa shape index (κ1) is 12.9. The van der Waals surface area contributed by atoms with Gasteiger partial charge in [0.15, 0.2) is 0 Å². The number of rotatable bonds is 4. The molecule has 0 aromatic heterocycles. The molecule has 1 aliphatic carbocycles. The van der Waals surface area contributed by atoms with Crippen LogP contribution in [0.15, 0.2) is 18.2 Å². The molecule has 2 heteroatoms. The maximum absolute atomic E-state index is 6.11. The lowest BCUT2D eigenvalue weighted by Gasteiger charge is -2.21. The molecule has 2 rings (SSSR count). The van der Waals surface area contributed by atoms with Crippen molar-refractivity contribution in [3.63, 3.8) is 0 Å². The molecular formula is C15H22ClN. The standard InChI is InChI=1S/C15H22ClN/c1-12-7-8-14(9-15(12)16)11-17-10-13-5-3-2-4-6-13/h7-9,13,17H,2-6,10-11H2,1H3. The molecular weight excluding hydrogens is 230 g/mol. The predicted octanol–water partition coefficient (Wildman–Crippen LogP) is 4.32. The molecule has 1 fully saturated rings. The van der Waals surface area contributed by atoms with E-state index in [-0.39, 0.29) is 0 Å². The van der Waals surface area contributed by atoms with E-state index in [0.717, 1.165) is 29.6 Å². The fourth-order valence-corrected chi connectivity index (χ4v) is 2.76. The van der Waals surface area contributed by atoms with E-state index in [1.165, 1.54) is 37.7 Å². The molecule has 1 aromatic carbocycles. The van der Waals surface area contributed by atoms with Gasteiger partial charge in [0.1, 0.15) is 0 Å². The molecule has 17 heavy (non-hydrogen) atoms. The molecule has 0 saturated heterocycles. The van der Waals surface area contributed by atoms with E-state index in [4.69, 9.17) is 11.6 Å². The smallest absolute Gasteiger partial charge is 0.0438 e. The Morgan fingerprint density at radius 2 is 2.00 bits per heavy atom. The monoisotopic (exact) mass is 251 g/mol. The van der Waals surface area contributed by atoms with E-state index in [2.05, 4.69) is 23.5 Å². The van der Waals surface area contributed by atoms with Crippen LogP contribution in [0.2, 0.25) is 5.02 Å². The van der Waals surface area contributed by atoms with Crippen LogP contribution in [-0.2, 0) is 6.54 Å². The van der Waals surface area contributed by atoms with Crippen molar-refractivity contribution < 1.29 is 0 Å².